The summed E-state index contributed by atoms with van der Waals surface area (Å²) in [7, 11) is 0. The first-order valence-corrected chi connectivity index (χ1v) is 9.49. The van der Waals surface area contributed by atoms with E-state index in [4.69, 9.17) is 15.0 Å². The summed E-state index contributed by atoms with van der Waals surface area (Å²) in [5.41, 5.74) is 4.10. The molecule has 0 aliphatic rings. The molecule has 0 saturated carbocycles. The third kappa shape index (κ3) is 3.70. The SMILES string of the molecule is CC(C)(C)c1nc(-c2ccccc2)nc(-c2ccccc2-c2ccccc2)n1. The van der Waals surface area contributed by atoms with Crippen molar-refractivity contribution < 1.29 is 0 Å². The summed E-state index contributed by atoms with van der Waals surface area (Å²) in [5, 5.41) is 0. The molecule has 0 aliphatic heterocycles. The zero-order valence-corrected chi connectivity index (χ0v) is 16.4. The van der Waals surface area contributed by atoms with Gasteiger partial charge in [-0.05, 0) is 11.1 Å². The quantitative estimate of drug-likeness (QED) is 0.436. The maximum absolute atomic E-state index is 4.86. The topological polar surface area (TPSA) is 38.7 Å². The van der Waals surface area contributed by atoms with Crippen LogP contribution in [0.1, 0.15) is 26.6 Å². The predicted molar refractivity (Wildman–Crippen MR) is 115 cm³/mol. The molecular formula is C25H23N3. The highest BCUT2D eigenvalue weighted by atomic mass is 15.0. The molecule has 1 aromatic heterocycles. The van der Waals surface area contributed by atoms with Crippen molar-refractivity contribution in [2.24, 2.45) is 0 Å². The Morgan fingerprint density at radius 1 is 0.500 bits per heavy atom. The molecule has 4 rings (SSSR count). The van der Waals surface area contributed by atoms with Crippen LogP contribution in [0, 0.1) is 0 Å². The summed E-state index contributed by atoms with van der Waals surface area (Å²) < 4.78 is 0. The smallest absolute Gasteiger partial charge is 0.164 e. The second kappa shape index (κ2) is 7.35. The molecule has 138 valence electrons. The molecule has 0 radical (unpaired) electrons. The van der Waals surface area contributed by atoms with Gasteiger partial charge in [0.05, 0.1) is 0 Å². The summed E-state index contributed by atoms with van der Waals surface area (Å²) in [5.74, 6) is 2.20. The predicted octanol–water partition coefficient (Wildman–Crippen LogP) is 6.17. The second-order valence-corrected chi connectivity index (χ2v) is 7.83. The van der Waals surface area contributed by atoms with E-state index in [-0.39, 0.29) is 5.41 Å². The Balaban J connectivity index is 1.94. The van der Waals surface area contributed by atoms with Gasteiger partial charge in [0.25, 0.3) is 0 Å². The van der Waals surface area contributed by atoms with E-state index in [0.29, 0.717) is 11.6 Å². The maximum atomic E-state index is 4.86. The molecule has 0 atom stereocenters. The standard InChI is InChI=1S/C25H23N3/c1-25(2,3)24-27-22(19-14-8-5-9-15-19)26-23(28-24)21-17-11-10-16-20(21)18-12-6-4-7-13-18/h4-17H,1-3H3. The zero-order valence-electron chi connectivity index (χ0n) is 16.4. The highest BCUT2D eigenvalue weighted by molar-refractivity contribution is 5.80. The van der Waals surface area contributed by atoms with Crippen molar-refractivity contribution in [3.8, 4) is 33.9 Å². The summed E-state index contributed by atoms with van der Waals surface area (Å²) >= 11 is 0. The van der Waals surface area contributed by atoms with E-state index in [0.717, 1.165) is 28.1 Å². The Morgan fingerprint density at radius 2 is 1.00 bits per heavy atom. The van der Waals surface area contributed by atoms with E-state index in [9.17, 15) is 0 Å². The summed E-state index contributed by atoms with van der Waals surface area (Å²) in [6.07, 6.45) is 0. The summed E-state index contributed by atoms with van der Waals surface area (Å²) in [4.78, 5) is 14.5. The van der Waals surface area contributed by atoms with Crippen molar-refractivity contribution in [1.82, 2.24) is 15.0 Å². The molecule has 0 fully saturated rings. The van der Waals surface area contributed by atoms with E-state index in [2.05, 4.69) is 63.2 Å². The van der Waals surface area contributed by atoms with Crippen LogP contribution in [0.15, 0.2) is 84.9 Å². The fourth-order valence-electron chi connectivity index (χ4n) is 3.10. The van der Waals surface area contributed by atoms with Crippen LogP contribution in [0.3, 0.4) is 0 Å². The van der Waals surface area contributed by atoms with Crippen LogP contribution in [-0.2, 0) is 5.41 Å². The van der Waals surface area contributed by atoms with Crippen LogP contribution < -0.4 is 0 Å². The van der Waals surface area contributed by atoms with E-state index in [1.807, 2.05) is 42.5 Å². The molecule has 1 heterocycles. The molecule has 0 saturated heterocycles. The Morgan fingerprint density at radius 3 is 1.61 bits per heavy atom. The number of hydrogen-bond donors (Lipinski definition) is 0. The lowest BCUT2D eigenvalue weighted by Crippen LogP contribution is -2.18. The van der Waals surface area contributed by atoms with Crippen molar-refractivity contribution in [2.45, 2.75) is 26.2 Å². The largest absolute Gasteiger partial charge is 0.212 e. The lowest BCUT2D eigenvalue weighted by Gasteiger charge is -2.19. The zero-order chi connectivity index (χ0) is 19.6. The summed E-state index contributed by atoms with van der Waals surface area (Å²) in [6.45, 7) is 6.39. The Kier molecular flexibility index (Phi) is 4.74. The van der Waals surface area contributed by atoms with Crippen LogP contribution >= 0.6 is 0 Å². The van der Waals surface area contributed by atoms with Gasteiger partial charge in [-0.3, -0.25) is 0 Å². The minimum Gasteiger partial charge on any atom is -0.212 e. The summed E-state index contributed by atoms with van der Waals surface area (Å²) in [6, 6.07) is 28.7. The van der Waals surface area contributed by atoms with Crippen LogP contribution in [0.2, 0.25) is 0 Å². The van der Waals surface area contributed by atoms with Crippen molar-refractivity contribution in [2.75, 3.05) is 0 Å². The first kappa shape index (κ1) is 18.1. The van der Waals surface area contributed by atoms with E-state index < -0.39 is 0 Å². The molecule has 0 bridgehead atoms. The van der Waals surface area contributed by atoms with Gasteiger partial charge in [-0.2, -0.15) is 0 Å². The van der Waals surface area contributed by atoms with Gasteiger partial charge >= 0.3 is 0 Å². The van der Waals surface area contributed by atoms with Crippen molar-refractivity contribution >= 4 is 0 Å². The van der Waals surface area contributed by atoms with Gasteiger partial charge in [0, 0.05) is 16.5 Å². The van der Waals surface area contributed by atoms with Crippen LogP contribution in [0.25, 0.3) is 33.9 Å². The van der Waals surface area contributed by atoms with Crippen molar-refractivity contribution in [1.29, 1.82) is 0 Å². The molecule has 0 aliphatic carbocycles. The lowest BCUT2D eigenvalue weighted by atomic mass is 9.95. The molecule has 0 unspecified atom stereocenters. The van der Waals surface area contributed by atoms with E-state index in [1.54, 1.807) is 0 Å². The Labute approximate surface area is 166 Å². The number of nitrogens with zero attached hydrogens (tertiary/aromatic N) is 3. The monoisotopic (exact) mass is 365 g/mol. The number of hydrogen-bond acceptors (Lipinski definition) is 3. The fraction of sp³-hybridized carbons (Fsp3) is 0.160. The second-order valence-electron chi connectivity index (χ2n) is 7.83. The molecular weight excluding hydrogens is 342 g/mol. The van der Waals surface area contributed by atoms with Gasteiger partial charge in [0.2, 0.25) is 0 Å². The van der Waals surface area contributed by atoms with Crippen LogP contribution in [0.4, 0.5) is 0 Å². The van der Waals surface area contributed by atoms with Gasteiger partial charge in [-0.25, -0.2) is 15.0 Å². The van der Waals surface area contributed by atoms with Gasteiger partial charge < -0.3 is 0 Å². The average molecular weight is 365 g/mol. The molecule has 0 spiro atoms. The first-order valence-electron chi connectivity index (χ1n) is 9.49. The lowest BCUT2D eigenvalue weighted by molar-refractivity contribution is 0.543. The van der Waals surface area contributed by atoms with Gasteiger partial charge in [0.15, 0.2) is 11.6 Å². The molecule has 0 amide bonds. The van der Waals surface area contributed by atoms with E-state index in [1.165, 1.54) is 0 Å². The van der Waals surface area contributed by atoms with Crippen molar-refractivity contribution in [3.05, 3.63) is 90.8 Å². The van der Waals surface area contributed by atoms with Gasteiger partial charge in [-0.15, -0.1) is 0 Å². The van der Waals surface area contributed by atoms with Crippen LogP contribution in [-0.4, -0.2) is 15.0 Å². The van der Waals surface area contributed by atoms with Crippen molar-refractivity contribution in [3.63, 3.8) is 0 Å². The third-order valence-corrected chi connectivity index (χ3v) is 4.59. The number of aromatic nitrogens is 3. The molecule has 4 aromatic rings. The minimum absolute atomic E-state index is 0.178. The maximum Gasteiger partial charge on any atom is 0.164 e. The Bertz CT molecular complexity index is 1080. The normalized spacial score (nSPS) is 11.4. The van der Waals surface area contributed by atoms with Crippen LogP contribution in [0.5, 0.6) is 0 Å². The third-order valence-electron chi connectivity index (χ3n) is 4.59. The molecule has 28 heavy (non-hydrogen) atoms. The van der Waals surface area contributed by atoms with E-state index >= 15 is 0 Å². The molecule has 3 nitrogen and oxygen atoms in total. The Hall–Kier alpha value is -3.33. The molecule has 3 heteroatoms. The average Bonchev–Trinajstić information content (AvgIpc) is 2.74. The fourth-order valence-corrected chi connectivity index (χ4v) is 3.10. The number of benzene rings is 3. The van der Waals surface area contributed by atoms with Gasteiger partial charge in [0.1, 0.15) is 5.82 Å². The minimum atomic E-state index is -0.178. The van der Waals surface area contributed by atoms with Gasteiger partial charge in [-0.1, -0.05) is 106 Å². The molecule has 3 aromatic carbocycles. The highest BCUT2D eigenvalue weighted by Crippen LogP contribution is 2.32. The highest BCUT2D eigenvalue weighted by Gasteiger charge is 2.22. The molecule has 0 N–H and O–H groups in total. The first-order chi connectivity index (χ1) is 13.5. The number of rotatable bonds is 3.